The minimum absolute atomic E-state index is 0.531. The van der Waals surface area contributed by atoms with E-state index in [0.717, 1.165) is 31.3 Å². The molecule has 20 heavy (non-hydrogen) atoms. The minimum Gasteiger partial charge on any atom is -0.331 e. The van der Waals surface area contributed by atoms with E-state index in [0.29, 0.717) is 5.92 Å². The number of imidazole rings is 1. The van der Waals surface area contributed by atoms with Crippen LogP contribution in [0.25, 0.3) is 0 Å². The molecule has 1 aliphatic heterocycles. The highest BCUT2D eigenvalue weighted by molar-refractivity contribution is 5.21. The van der Waals surface area contributed by atoms with Crippen LogP contribution in [-0.2, 0) is 19.5 Å². The molecular weight excluding hydrogens is 246 g/mol. The summed E-state index contributed by atoms with van der Waals surface area (Å²) in [5, 5.41) is 3.45. The smallest absolute Gasteiger partial charge is 0.111 e. The Labute approximate surface area is 123 Å². The van der Waals surface area contributed by atoms with Crippen LogP contribution in [0.4, 0.5) is 0 Å². The molecule has 0 radical (unpaired) electrons. The van der Waals surface area contributed by atoms with Crippen molar-refractivity contribution in [3.05, 3.63) is 17.2 Å². The fourth-order valence-corrected chi connectivity index (χ4v) is 3.81. The molecule has 0 bridgehead atoms. The second kappa shape index (κ2) is 5.88. The van der Waals surface area contributed by atoms with Gasteiger partial charge in [0.05, 0.1) is 5.69 Å². The Morgan fingerprint density at radius 2 is 2.00 bits per heavy atom. The second-order valence-corrected chi connectivity index (χ2v) is 7.18. The molecule has 0 spiro atoms. The zero-order valence-corrected chi connectivity index (χ0v) is 13.3. The molecule has 1 N–H and O–H groups in total. The Bertz CT molecular complexity index is 453. The standard InChI is InChI=1S/C17H29N3/c1-12(2)17-19-15-10-18-9-8-16(15)20(17)11-14-6-4-13(3)5-7-14/h12-14,18H,4-11H2,1-3H3. The summed E-state index contributed by atoms with van der Waals surface area (Å²) < 4.78 is 2.58. The summed E-state index contributed by atoms with van der Waals surface area (Å²) >= 11 is 0. The molecule has 3 heteroatoms. The van der Waals surface area contributed by atoms with Crippen LogP contribution >= 0.6 is 0 Å². The molecule has 0 atom stereocenters. The lowest BCUT2D eigenvalue weighted by molar-refractivity contribution is 0.260. The third-order valence-electron chi connectivity index (χ3n) is 5.11. The van der Waals surface area contributed by atoms with Crippen molar-refractivity contribution in [2.45, 2.75) is 71.9 Å². The van der Waals surface area contributed by atoms with Gasteiger partial charge in [0.2, 0.25) is 0 Å². The molecule has 3 rings (SSSR count). The Hall–Kier alpha value is -0.830. The van der Waals surface area contributed by atoms with E-state index in [1.54, 1.807) is 0 Å². The number of fused-ring (bicyclic) bond motifs is 1. The first kappa shape index (κ1) is 14.1. The predicted molar refractivity (Wildman–Crippen MR) is 82.8 cm³/mol. The number of nitrogens with zero attached hydrogens (tertiary/aromatic N) is 2. The van der Waals surface area contributed by atoms with E-state index < -0.39 is 0 Å². The maximum Gasteiger partial charge on any atom is 0.111 e. The van der Waals surface area contributed by atoms with Crippen molar-refractivity contribution in [1.29, 1.82) is 0 Å². The van der Waals surface area contributed by atoms with E-state index in [1.807, 2.05) is 0 Å². The van der Waals surface area contributed by atoms with E-state index in [1.165, 1.54) is 49.4 Å². The van der Waals surface area contributed by atoms with Gasteiger partial charge in [0.25, 0.3) is 0 Å². The summed E-state index contributed by atoms with van der Waals surface area (Å²) in [6.07, 6.45) is 6.80. The molecule has 0 saturated heterocycles. The van der Waals surface area contributed by atoms with Crippen molar-refractivity contribution in [3.63, 3.8) is 0 Å². The fourth-order valence-electron chi connectivity index (χ4n) is 3.81. The van der Waals surface area contributed by atoms with E-state index in [4.69, 9.17) is 4.98 Å². The number of hydrogen-bond donors (Lipinski definition) is 1. The summed E-state index contributed by atoms with van der Waals surface area (Å²) in [5.74, 6) is 3.66. The van der Waals surface area contributed by atoms with Crippen molar-refractivity contribution < 1.29 is 0 Å². The lowest BCUT2D eigenvalue weighted by Gasteiger charge is -2.28. The van der Waals surface area contributed by atoms with Crippen LogP contribution in [0.3, 0.4) is 0 Å². The van der Waals surface area contributed by atoms with E-state index >= 15 is 0 Å². The van der Waals surface area contributed by atoms with Crippen molar-refractivity contribution >= 4 is 0 Å². The van der Waals surface area contributed by atoms with Crippen molar-refractivity contribution in [3.8, 4) is 0 Å². The van der Waals surface area contributed by atoms with E-state index in [-0.39, 0.29) is 0 Å². The lowest BCUT2D eigenvalue weighted by Crippen LogP contribution is -2.26. The van der Waals surface area contributed by atoms with Gasteiger partial charge in [0.15, 0.2) is 0 Å². The van der Waals surface area contributed by atoms with Gasteiger partial charge < -0.3 is 9.88 Å². The zero-order chi connectivity index (χ0) is 14.1. The monoisotopic (exact) mass is 275 g/mol. The summed E-state index contributed by atoms with van der Waals surface area (Å²) in [7, 11) is 0. The maximum absolute atomic E-state index is 4.93. The quantitative estimate of drug-likeness (QED) is 0.915. The zero-order valence-electron chi connectivity index (χ0n) is 13.3. The molecule has 2 heterocycles. The average molecular weight is 275 g/mol. The second-order valence-electron chi connectivity index (χ2n) is 7.18. The topological polar surface area (TPSA) is 29.9 Å². The molecule has 1 aliphatic carbocycles. The largest absolute Gasteiger partial charge is 0.331 e. The molecule has 1 fully saturated rings. The van der Waals surface area contributed by atoms with Crippen LogP contribution in [0.2, 0.25) is 0 Å². The van der Waals surface area contributed by atoms with Crippen LogP contribution in [0.5, 0.6) is 0 Å². The van der Waals surface area contributed by atoms with Crippen LogP contribution in [-0.4, -0.2) is 16.1 Å². The van der Waals surface area contributed by atoms with Gasteiger partial charge in [-0.3, -0.25) is 0 Å². The summed E-state index contributed by atoms with van der Waals surface area (Å²) in [5.41, 5.74) is 2.83. The maximum atomic E-state index is 4.93. The molecule has 0 aromatic carbocycles. The van der Waals surface area contributed by atoms with E-state index in [9.17, 15) is 0 Å². The van der Waals surface area contributed by atoms with Crippen molar-refractivity contribution in [1.82, 2.24) is 14.9 Å². The normalized spacial score (nSPS) is 26.8. The van der Waals surface area contributed by atoms with Crippen LogP contribution < -0.4 is 5.32 Å². The molecule has 1 aromatic rings. The number of aromatic nitrogens is 2. The highest BCUT2D eigenvalue weighted by Gasteiger charge is 2.25. The first-order chi connectivity index (χ1) is 9.65. The van der Waals surface area contributed by atoms with Gasteiger partial charge in [-0.1, -0.05) is 33.6 Å². The Morgan fingerprint density at radius 3 is 2.70 bits per heavy atom. The van der Waals surface area contributed by atoms with Crippen LogP contribution in [0, 0.1) is 11.8 Å². The van der Waals surface area contributed by atoms with Gasteiger partial charge >= 0.3 is 0 Å². The minimum atomic E-state index is 0.531. The highest BCUT2D eigenvalue weighted by atomic mass is 15.1. The summed E-state index contributed by atoms with van der Waals surface area (Å²) in [6.45, 7) is 10.2. The van der Waals surface area contributed by atoms with Gasteiger partial charge in [-0.25, -0.2) is 4.98 Å². The molecular formula is C17H29N3. The summed E-state index contributed by atoms with van der Waals surface area (Å²) in [6, 6.07) is 0. The Balaban J connectivity index is 1.82. The molecule has 1 saturated carbocycles. The average Bonchev–Trinajstić information content (AvgIpc) is 2.81. The van der Waals surface area contributed by atoms with Gasteiger partial charge in [0.1, 0.15) is 5.82 Å². The Morgan fingerprint density at radius 1 is 1.25 bits per heavy atom. The molecule has 0 unspecified atom stereocenters. The number of nitrogens with one attached hydrogen (secondary N) is 1. The fraction of sp³-hybridized carbons (Fsp3) is 0.824. The molecule has 0 amide bonds. The third kappa shape index (κ3) is 2.78. The predicted octanol–water partition coefficient (Wildman–Crippen LogP) is 3.48. The molecule has 3 nitrogen and oxygen atoms in total. The first-order valence-corrected chi connectivity index (χ1v) is 8.44. The van der Waals surface area contributed by atoms with E-state index in [2.05, 4.69) is 30.7 Å². The van der Waals surface area contributed by atoms with Crippen molar-refractivity contribution in [2.75, 3.05) is 6.54 Å². The molecule has 2 aliphatic rings. The Kier molecular flexibility index (Phi) is 4.16. The van der Waals surface area contributed by atoms with Gasteiger partial charge in [-0.15, -0.1) is 0 Å². The lowest BCUT2D eigenvalue weighted by atomic mass is 9.83. The molecule has 1 aromatic heterocycles. The van der Waals surface area contributed by atoms with Crippen LogP contribution in [0.15, 0.2) is 0 Å². The number of hydrogen-bond acceptors (Lipinski definition) is 2. The third-order valence-corrected chi connectivity index (χ3v) is 5.11. The first-order valence-electron chi connectivity index (χ1n) is 8.44. The molecule has 112 valence electrons. The van der Waals surface area contributed by atoms with Gasteiger partial charge in [-0.2, -0.15) is 0 Å². The van der Waals surface area contributed by atoms with Crippen LogP contribution in [0.1, 0.15) is 69.6 Å². The van der Waals surface area contributed by atoms with Gasteiger partial charge in [-0.05, 0) is 24.7 Å². The SMILES string of the molecule is CC1CCC(Cn2c(C(C)C)nc3c2CCNC3)CC1. The van der Waals surface area contributed by atoms with Gasteiger partial charge in [0, 0.05) is 37.7 Å². The number of rotatable bonds is 3. The summed E-state index contributed by atoms with van der Waals surface area (Å²) in [4.78, 5) is 4.93. The van der Waals surface area contributed by atoms with Crippen molar-refractivity contribution in [2.24, 2.45) is 11.8 Å². The highest BCUT2D eigenvalue weighted by Crippen LogP contribution is 2.31.